The second kappa shape index (κ2) is 5.71. The van der Waals surface area contributed by atoms with Crippen molar-refractivity contribution in [3.63, 3.8) is 0 Å². The van der Waals surface area contributed by atoms with Crippen LogP contribution in [0.25, 0.3) is 11.1 Å². The third kappa shape index (κ3) is 2.77. The van der Waals surface area contributed by atoms with Crippen molar-refractivity contribution in [1.82, 2.24) is 9.78 Å². The van der Waals surface area contributed by atoms with E-state index in [1.807, 2.05) is 0 Å². The summed E-state index contributed by atoms with van der Waals surface area (Å²) in [6.07, 6.45) is 3.54. The van der Waals surface area contributed by atoms with Crippen LogP contribution in [0, 0.1) is 5.82 Å². The van der Waals surface area contributed by atoms with Crippen molar-refractivity contribution in [1.29, 1.82) is 0 Å². The Labute approximate surface area is 126 Å². The molecule has 0 spiro atoms. The van der Waals surface area contributed by atoms with E-state index in [-0.39, 0.29) is 24.2 Å². The Morgan fingerprint density at radius 1 is 1.36 bits per heavy atom. The normalized spacial score (nSPS) is 13.9. The van der Waals surface area contributed by atoms with Crippen LogP contribution in [0.2, 0.25) is 0 Å². The molecule has 5 nitrogen and oxygen atoms in total. The molecule has 0 amide bonds. The average molecular weight is 302 g/mol. The van der Waals surface area contributed by atoms with E-state index in [9.17, 15) is 14.0 Å². The minimum Gasteiger partial charge on any atom is -0.461 e. The first-order valence-electron chi connectivity index (χ1n) is 7.16. The molecule has 0 unspecified atom stereocenters. The fourth-order valence-electron chi connectivity index (χ4n) is 2.20. The number of rotatable bonds is 4. The smallest absolute Gasteiger partial charge is 0.362 e. The molecule has 3 rings (SSSR count). The SMILES string of the molecule is CCOC(=O)c1nn(C2CC2)cc(-c2ccc(F)cc2)c1=O. The molecular weight excluding hydrogens is 287 g/mol. The monoisotopic (exact) mass is 302 g/mol. The molecule has 0 atom stereocenters. The molecule has 0 radical (unpaired) electrons. The van der Waals surface area contributed by atoms with Gasteiger partial charge < -0.3 is 4.74 Å². The Bertz CT molecular complexity index is 764. The summed E-state index contributed by atoms with van der Waals surface area (Å²) in [5.74, 6) is -1.11. The van der Waals surface area contributed by atoms with E-state index in [1.54, 1.807) is 17.8 Å². The van der Waals surface area contributed by atoms with E-state index >= 15 is 0 Å². The summed E-state index contributed by atoms with van der Waals surface area (Å²) in [4.78, 5) is 24.4. The number of hydrogen-bond donors (Lipinski definition) is 0. The zero-order valence-electron chi connectivity index (χ0n) is 12.1. The molecule has 0 N–H and O–H groups in total. The summed E-state index contributed by atoms with van der Waals surface area (Å²) >= 11 is 0. The third-order valence-corrected chi connectivity index (χ3v) is 3.48. The molecule has 6 heteroatoms. The highest BCUT2D eigenvalue weighted by Gasteiger charge is 2.27. The number of benzene rings is 1. The van der Waals surface area contributed by atoms with Crippen molar-refractivity contribution in [3.05, 3.63) is 52.2 Å². The van der Waals surface area contributed by atoms with Gasteiger partial charge in [-0.15, -0.1) is 0 Å². The van der Waals surface area contributed by atoms with Gasteiger partial charge >= 0.3 is 5.97 Å². The lowest BCUT2D eigenvalue weighted by atomic mass is 10.1. The second-order valence-electron chi connectivity index (χ2n) is 5.16. The van der Waals surface area contributed by atoms with Crippen LogP contribution in [-0.2, 0) is 4.74 Å². The lowest BCUT2D eigenvalue weighted by Gasteiger charge is -2.10. The predicted molar refractivity (Wildman–Crippen MR) is 78.1 cm³/mol. The number of nitrogens with zero attached hydrogens (tertiary/aromatic N) is 2. The fourth-order valence-corrected chi connectivity index (χ4v) is 2.20. The zero-order chi connectivity index (χ0) is 15.7. The Kier molecular flexibility index (Phi) is 3.75. The fraction of sp³-hybridized carbons (Fsp3) is 0.312. The van der Waals surface area contributed by atoms with E-state index in [1.165, 1.54) is 24.3 Å². The Balaban J connectivity index is 2.14. The molecule has 2 aromatic rings. The summed E-state index contributed by atoms with van der Waals surface area (Å²) in [6.45, 7) is 1.84. The van der Waals surface area contributed by atoms with Crippen molar-refractivity contribution in [2.75, 3.05) is 6.61 Å². The molecule has 0 bridgehead atoms. The zero-order valence-corrected chi connectivity index (χ0v) is 12.1. The summed E-state index contributed by atoms with van der Waals surface area (Å²) in [6, 6.07) is 5.78. The first kappa shape index (κ1) is 14.4. The number of halogens is 1. The Hall–Kier alpha value is -2.50. The maximum atomic E-state index is 13.1. The van der Waals surface area contributed by atoms with Gasteiger partial charge in [0, 0.05) is 11.8 Å². The van der Waals surface area contributed by atoms with Gasteiger partial charge in [-0.1, -0.05) is 12.1 Å². The average Bonchev–Trinajstić information content (AvgIpc) is 3.33. The largest absolute Gasteiger partial charge is 0.461 e. The highest BCUT2D eigenvalue weighted by Crippen LogP contribution is 2.34. The maximum Gasteiger partial charge on any atom is 0.362 e. The molecule has 1 fully saturated rings. The summed E-state index contributed by atoms with van der Waals surface area (Å²) in [7, 11) is 0. The summed E-state index contributed by atoms with van der Waals surface area (Å²) < 4.78 is 19.6. The van der Waals surface area contributed by atoms with Gasteiger partial charge in [-0.05, 0) is 37.5 Å². The van der Waals surface area contributed by atoms with Gasteiger partial charge in [-0.3, -0.25) is 9.48 Å². The first-order chi connectivity index (χ1) is 10.6. The van der Waals surface area contributed by atoms with Crippen molar-refractivity contribution in [3.8, 4) is 11.1 Å². The third-order valence-electron chi connectivity index (χ3n) is 3.48. The van der Waals surface area contributed by atoms with Gasteiger partial charge in [-0.2, -0.15) is 5.10 Å². The number of ether oxygens (including phenoxy) is 1. The van der Waals surface area contributed by atoms with Crippen LogP contribution < -0.4 is 5.43 Å². The van der Waals surface area contributed by atoms with Crippen molar-refractivity contribution < 1.29 is 13.9 Å². The quantitative estimate of drug-likeness (QED) is 0.814. The Morgan fingerprint density at radius 2 is 2.05 bits per heavy atom. The van der Waals surface area contributed by atoms with Crippen molar-refractivity contribution in [2.24, 2.45) is 0 Å². The molecule has 1 aliphatic carbocycles. The molecule has 1 saturated carbocycles. The molecule has 1 aromatic heterocycles. The number of aromatic nitrogens is 2. The van der Waals surface area contributed by atoms with E-state index in [2.05, 4.69) is 5.10 Å². The van der Waals surface area contributed by atoms with Crippen LogP contribution in [0.1, 0.15) is 36.3 Å². The lowest BCUT2D eigenvalue weighted by molar-refractivity contribution is 0.0515. The van der Waals surface area contributed by atoms with Gasteiger partial charge in [0.25, 0.3) is 0 Å². The molecule has 114 valence electrons. The predicted octanol–water partition coefficient (Wildman–Crippen LogP) is 2.56. The highest BCUT2D eigenvalue weighted by atomic mass is 19.1. The molecule has 22 heavy (non-hydrogen) atoms. The topological polar surface area (TPSA) is 61.2 Å². The summed E-state index contributed by atoms with van der Waals surface area (Å²) in [5.41, 5.74) is 0.149. The van der Waals surface area contributed by atoms with E-state index in [0.717, 1.165) is 12.8 Å². The standard InChI is InChI=1S/C16H15FN2O3/c1-2-22-16(21)14-15(20)13(9-19(18-14)12-7-8-12)10-3-5-11(17)6-4-10/h3-6,9,12H,2,7-8H2,1H3. The lowest BCUT2D eigenvalue weighted by Crippen LogP contribution is -2.25. The van der Waals surface area contributed by atoms with Crippen LogP contribution in [0.3, 0.4) is 0 Å². The van der Waals surface area contributed by atoms with Gasteiger partial charge in [0.15, 0.2) is 0 Å². The van der Waals surface area contributed by atoms with Crippen LogP contribution in [-0.4, -0.2) is 22.4 Å². The van der Waals surface area contributed by atoms with Crippen molar-refractivity contribution in [2.45, 2.75) is 25.8 Å². The van der Waals surface area contributed by atoms with Gasteiger partial charge in [0.1, 0.15) is 5.82 Å². The van der Waals surface area contributed by atoms with Gasteiger partial charge in [0.05, 0.1) is 12.6 Å². The van der Waals surface area contributed by atoms with E-state index in [4.69, 9.17) is 4.74 Å². The highest BCUT2D eigenvalue weighted by molar-refractivity contribution is 5.88. The number of carbonyl (C=O) groups is 1. The number of esters is 1. The van der Waals surface area contributed by atoms with E-state index in [0.29, 0.717) is 11.1 Å². The van der Waals surface area contributed by atoms with Crippen LogP contribution in [0.5, 0.6) is 0 Å². The molecule has 0 saturated heterocycles. The number of carbonyl (C=O) groups excluding carboxylic acids is 1. The molecule has 1 heterocycles. The first-order valence-corrected chi connectivity index (χ1v) is 7.16. The van der Waals surface area contributed by atoms with Gasteiger partial charge in [-0.25, -0.2) is 9.18 Å². The number of hydrogen-bond acceptors (Lipinski definition) is 4. The van der Waals surface area contributed by atoms with Crippen LogP contribution in [0.4, 0.5) is 4.39 Å². The molecule has 0 aliphatic heterocycles. The minimum atomic E-state index is -0.731. The molecule has 1 aliphatic rings. The molecule has 1 aromatic carbocycles. The van der Waals surface area contributed by atoms with Crippen molar-refractivity contribution >= 4 is 5.97 Å². The van der Waals surface area contributed by atoms with Gasteiger partial charge in [0.2, 0.25) is 11.1 Å². The molecular formula is C16H15FN2O3. The van der Waals surface area contributed by atoms with E-state index < -0.39 is 11.4 Å². The van der Waals surface area contributed by atoms with Crippen LogP contribution in [0.15, 0.2) is 35.3 Å². The Morgan fingerprint density at radius 3 is 2.64 bits per heavy atom. The summed E-state index contributed by atoms with van der Waals surface area (Å²) in [5, 5.41) is 4.11. The minimum absolute atomic E-state index is 0.171. The van der Waals surface area contributed by atoms with Crippen LogP contribution >= 0.6 is 0 Å². The maximum absolute atomic E-state index is 13.1. The second-order valence-corrected chi connectivity index (χ2v) is 5.16.